The maximum atomic E-state index is 12.5. The summed E-state index contributed by atoms with van der Waals surface area (Å²) in [7, 11) is 2.76. The van der Waals surface area contributed by atoms with E-state index in [1.54, 1.807) is 12.1 Å². The fourth-order valence-electron chi connectivity index (χ4n) is 3.02. The van der Waals surface area contributed by atoms with Crippen LogP contribution in [0.1, 0.15) is 76.4 Å². The molecule has 0 N–H and O–H groups in total. The molecule has 152 valence electrons. The topological polar surface area (TPSA) is 61.8 Å². The zero-order valence-corrected chi connectivity index (χ0v) is 16.9. The van der Waals surface area contributed by atoms with Gasteiger partial charge in [0.15, 0.2) is 12.2 Å². The number of carbonyl (C=O) groups is 2. The van der Waals surface area contributed by atoms with Crippen molar-refractivity contribution in [3.05, 3.63) is 35.9 Å². The van der Waals surface area contributed by atoms with E-state index in [2.05, 4.69) is 6.92 Å². The van der Waals surface area contributed by atoms with Crippen LogP contribution in [0.3, 0.4) is 0 Å². The van der Waals surface area contributed by atoms with Crippen molar-refractivity contribution in [1.82, 2.24) is 0 Å². The molecule has 2 atom stereocenters. The van der Waals surface area contributed by atoms with Gasteiger partial charge in [-0.25, -0.2) is 9.59 Å². The lowest BCUT2D eigenvalue weighted by atomic mass is 10.1. The Morgan fingerprint density at radius 2 is 1.44 bits per heavy atom. The van der Waals surface area contributed by atoms with Gasteiger partial charge in [-0.05, 0) is 18.4 Å². The first-order chi connectivity index (χ1) is 13.1. The van der Waals surface area contributed by atoms with Crippen LogP contribution in [0.15, 0.2) is 30.3 Å². The molecule has 0 saturated heterocycles. The molecule has 0 radical (unpaired) electrons. The Hall–Kier alpha value is -1.88. The number of hydrogen-bond acceptors (Lipinski definition) is 5. The predicted octanol–water partition coefficient (Wildman–Crippen LogP) is 4.99. The van der Waals surface area contributed by atoms with Gasteiger partial charge < -0.3 is 14.2 Å². The predicted molar refractivity (Wildman–Crippen MR) is 105 cm³/mol. The number of ether oxygens (including phenoxy) is 3. The summed E-state index contributed by atoms with van der Waals surface area (Å²) in [6.07, 6.45) is 8.01. The van der Waals surface area contributed by atoms with Crippen molar-refractivity contribution in [3.8, 4) is 0 Å². The molecule has 0 heterocycles. The largest absolute Gasteiger partial charge is 0.466 e. The first-order valence-electron chi connectivity index (χ1n) is 10.00. The van der Waals surface area contributed by atoms with E-state index in [0.29, 0.717) is 12.0 Å². The van der Waals surface area contributed by atoms with Crippen LogP contribution in [0, 0.1) is 0 Å². The van der Waals surface area contributed by atoms with Gasteiger partial charge in [-0.15, -0.1) is 0 Å². The van der Waals surface area contributed by atoms with Crippen molar-refractivity contribution in [3.63, 3.8) is 0 Å². The van der Waals surface area contributed by atoms with E-state index in [1.807, 2.05) is 18.2 Å². The Bertz CT molecular complexity index is 529. The zero-order valence-electron chi connectivity index (χ0n) is 16.9. The summed E-state index contributed by atoms with van der Waals surface area (Å²) < 4.78 is 15.5. The summed E-state index contributed by atoms with van der Waals surface area (Å²) in [5, 5.41) is 0. The first-order valence-corrected chi connectivity index (χ1v) is 10.00. The summed E-state index contributed by atoms with van der Waals surface area (Å²) in [5.74, 6) is -1.09. The van der Waals surface area contributed by atoms with E-state index in [0.717, 1.165) is 19.3 Å². The molecule has 5 nitrogen and oxygen atoms in total. The highest BCUT2D eigenvalue weighted by atomic mass is 16.6. The lowest BCUT2D eigenvalue weighted by Gasteiger charge is -2.20. The van der Waals surface area contributed by atoms with E-state index in [1.165, 1.54) is 46.3 Å². The number of methoxy groups -OCH3 is 2. The second-order valence-electron chi connectivity index (χ2n) is 6.74. The van der Waals surface area contributed by atoms with E-state index >= 15 is 0 Å². The molecule has 0 amide bonds. The molecular weight excluding hydrogens is 344 g/mol. The molecule has 0 aliphatic heterocycles. The minimum absolute atomic E-state index is 0.471. The van der Waals surface area contributed by atoms with Gasteiger partial charge in [0.25, 0.3) is 0 Å². The molecule has 0 bridgehead atoms. The Balaban J connectivity index is 2.47. The standard InChI is InChI=1S/C22H34O5/c1-4-5-6-7-8-9-10-14-17-19(21(23)26-3)27-22(24)20(25-2)18-15-12-11-13-16-18/h11-13,15-16,19-20H,4-10,14,17H2,1-3H3/t19-,20-/m0/s1. The lowest BCUT2D eigenvalue weighted by molar-refractivity contribution is -0.173. The van der Waals surface area contributed by atoms with Gasteiger partial charge in [0.1, 0.15) is 0 Å². The number of carbonyl (C=O) groups excluding carboxylic acids is 2. The van der Waals surface area contributed by atoms with Crippen LogP contribution in [0.5, 0.6) is 0 Å². The van der Waals surface area contributed by atoms with Gasteiger partial charge in [0, 0.05) is 7.11 Å². The van der Waals surface area contributed by atoms with Crippen molar-refractivity contribution in [2.24, 2.45) is 0 Å². The number of hydrogen-bond donors (Lipinski definition) is 0. The van der Waals surface area contributed by atoms with Crippen LogP contribution < -0.4 is 0 Å². The number of unbranched alkanes of at least 4 members (excludes halogenated alkanes) is 7. The van der Waals surface area contributed by atoms with E-state index in [4.69, 9.17) is 14.2 Å². The summed E-state index contributed by atoms with van der Waals surface area (Å²) >= 11 is 0. The molecule has 27 heavy (non-hydrogen) atoms. The highest BCUT2D eigenvalue weighted by molar-refractivity contribution is 5.82. The molecular formula is C22H34O5. The van der Waals surface area contributed by atoms with Crippen molar-refractivity contribution in [2.75, 3.05) is 14.2 Å². The Morgan fingerprint density at radius 3 is 2.00 bits per heavy atom. The Kier molecular flexibility index (Phi) is 12.2. The third-order valence-corrected chi connectivity index (χ3v) is 4.59. The minimum atomic E-state index is -0.885. The molecule has 0 unspecified atom stereocenters. The second-order valence-corrected chi connectivity index (χ2v) is 6.74. The summed E-state index contributed by atoms with van der Waals surface area (Å²) in [6, 6.07) is 9.10. The third-order valence-electron chi connectivity index (χ3n) is 4.59. The van der Waals surface area contributed by atoms with E-state index in [-0.39, 0.29) is 0 Å². The molecule has 0 saturated carbocycles. The first kappa shape index (κ1) is 23.2. The molecule has 1 rings (SSSR count). The van der Waals surface area contributed by atoms with Crippen molar-refractivity contribution in [1.29, 1.82) is 0 Å². The van der Waals surface area contributed by atoms with Crippen LogP contribution in [0.2, 0.25) is 0 Å². The highest BCUT2D eigenvalue weighted by Gasteiger charge is 2.29. The van der Waals surface area contributed by atoms with Crippen molar-refractivity contribution >= 4 is 11.9 Å². The fraction of sp³-hybridized carbons (Fsp3) is 0.636. The molecule has 0 aromatic heterocycles. The second kappa shape index (κ2) is 14.2. The van der Waals surface area contributed by atoms with Gasteiger partial charge in [-0.2, -0.15) is 0 Å². The van der Waals surface area contributed by atoms with Crippen LogP contribution >= 0.6 is 0 Å². The monoisotopic (exact) mass is 378 g/mol. The highest BCUT2D eigenvalue weighted by Crippen LogP contribution is 2.20. The molecule has 5 heteroatoms. The molecule has 1 aromatic carbocycles. The van der Waals surface area contributed by atoms with E-state index in [9.17, 15) is 9.59 Å². The lowest BCUT2D eigenvalue weighted by Crippen LogP contribution is -2.31. The van der Waals surface area contributed by atoms with E-state index < -0.39 is 24.1 Å². The van der Waals surface area contributed by atoms with Gasteiger partial charge in [0.2, 0.25) is 0 Å². The maximum Gasteiger partial charge on any atom is 0.347 e. The fourth-order valence-corrected chi connectivity index (χ4v) is 3.02. The number of esters is 2. The molecule has 0 spiro atoms. The average Bonchev–Trinajstić information content (AvgIpc) is 2.69. The molecule has 0 aliphatic rings. The van der Waals surface area contributed by atoms with Gasteiger partial charge in [-0.1, -0.05) is 82.2 Å². The number of rotatable bonds is 14. The van der Waals surface area contributed by atoms with Crippen molar-refractivity contribution < 1.29 is 23.8 Å². The van der Waals surface area contributed by atoms with Gasteiger partial charge in [0.05, 0.1) is 7.11 Å². The van der Waals surface area contributed by atoms with Crippen LogP contribution in [0.25, 0.3) is 0 Å². The molecule has 1 aromatic rings. The molecule has 0 aliphatic carbocycles. The maximum absolute atomic E-state index is 12.5. The minimum Gasteiger partial charge on any atom is -0.466 e. The van der Waals surface area contributed by atoms with Crippen LogP contribution in [0.4, 0.5) is 0 Å². The molecule has 0 fully saturated rings. The Morgan fingerprint density at radius 1 is 0.852 bits per heavy atom. The van der Waals surface area contributed by atoms with Crippen LogP contribution in [-0.4, -0.2) is 32.3 Å². The third kappa shape index (κ3) is 9.05. The summed E-state index contributed by atoms with van der Waals surface area (Å²) in [4.78, 5) is 24.5. The van der Waals surface area contributed by atoms with Crippen LogP contribution in [-0.2, 0) is 23.8 Å². The normalized spacial score (nSPS) is 13.0. The smallest absolute Gasteiger partial charge is 0.347 e. The Labute approximate surface area is 163 Å². The quantitative estimate of drug-likeness (QED) is 0.337. The average molecular weight is 379 g/mol. The number of benzene rings is 1. The zero-order chi connectivity index (χ0) is 19.9. The van der Waals surface area contributed by atoms with Gasteiger partial charge in [-0.3, -0.25) is 0 Å². The summed E-state index contributed by atoms with van der Waals surface area (Å²) in [6.45, 7) is 2.21. The van der Waals surface area contributed by atoms with Crippen molar-refractivity contribution in [2.45, 2.75) is 76.9 Å². The summed E-state index contributed by atoms with van der Waals surface area (Å²) in [5.41, 5.74) is 0.695. The SMILES string of the molecule is CCCCCCCCCC[C@H](OC(=O)[C@@H](OC)c1ccccc1)C(=O)OC. The van der Waals surface area contributed by atoms with Gasteiger partial charge >= 0.3 is 11.9 Å².